The standard InChI is InChI=1S/C14H21BN2O4/c1-10(14(19)20)9-11-3-5-12(6-4-11)17-13(18)7-8-16-15(2)21/h3-6,10,16,21H,7-9H2,1-2H3,(H,17,18)(H,19,20). The molecule has 0 heterocycles. The van der Waals surface area contributed by atoms with Crippen LogP contribution in [0.25, 0.3) is 0 Å². The first-order valence-corrected chi connectivity index (χ1v) is 6.91. The predicted octanol–water partition coefficient (Wildman–Crippen LogP) is 0.978. The van der Waals surface area contributed by atoms with Crippen molar-refractivity contribution in [2.75, 3.05) is 11.9 Å². The summed E-state index contributed by atoms with van der Waals surface area (Å²) in [5, 5.41) is 23.4. The molecular formula is C14H21BN2O4. The summed E-state index contributed by atoms with van der Waals surface area (Å²) in [6.45, 7) is 3.65. The maximum absolute atomic E-state index is 11.6. The van der Waals surface area contributed by atoms with Crippen LogP contribution in [0.3, 0.4) is 0 Å². The van der Waals surface area contributed by atoms with Gasteiger partial charge in [0.25, 0.3) is 0 Å². The molecule has 0 aromatic heterocycles. The molecule has 0 saturated heterocycles. The number of benzene rings is 1. The highest BCUT2D eigenvalue weighted by Gasteiger charge is 2.11. The minimum Gasteiger partial charge on any atom is -0.481 e. The highest BCUT2D eigenvalue weighted by Crippen LogP contribution is 2.13. The molecule has 4 N–H and O–H groups in total. The molecule has 0 bridgehead atoms. The topological polar surface area (TPSA) is 98.7 Å². The Hall–Kier alpha value is -1.86. The van der Waals surface area contributed by atoms with Crippen LogP contribution in [0, 0.1) is 5.92 Å². The Morgan fingerprint density at radius 2 is 1.90 bits per heavy atom. The maximum atomic E-state index is 11.6. The van der Waals surface area contributed by atoms with Crippen molar-refractivity contribution in [1.29, 1.82) is 0 Å². The van der Waals surface area contributed by atoms with Crippen molar-refractivity contribution in [1.82, 2.24) is 5.23 Å². The molecule has 1 atom stereocenters. The Morgan fingerprint density at radius 3 is 2.43 bits per heavy atom. The van der Waals surface area contributed by atoms with Gasteiger partial charge in [0.1, 0.15) is 0 Å². The average molecular weight is 292 g/mol. The number of nitrogens with one attached hydrogen (secondary N) is 2. The molecule has 1 rings (SSSR count). The van der Waals surface area contributed by atoms with E-state index in [-0.39, 0.29) is 12.3 Å². The molecule has 0 spiro atoms. The van der Waals surface area contributed by atoms with Gasteiger partial charge in [-0.1, -0.05) is 19.1 Å². The second kappa shape index (κ2) is 8.44. The van der Waals surface area contributed by atoms with Gasteiger partial charge in [-0.15, -0.1) is 0 Å². The van der Waals surface area contributed by atoms with E-state index in [4.69, 9.17) is 10.1 Å². The normalized spacial score (nSPS) is 11.8. The summed E-state index contributed by atoms with van der Waals surface area (Å²) in [6.07, 6.45) is 0.727. The van der Waals surface area contributed by atoms with Crippen LogP contribution in [-0.2, 0) is 16.0 Å². The molecular weight excluding hydrogens is 271 g/mol. The number of anilines is 1. The molecule has 1 aromatic rings. The van der Waals surface area contributed by atoms with Crippen molar-refractivity contribution < 1.29 is 19.7 Å². The summed E-state index contributed by atoms with van der Waals surface area (Å²) < 4.78 is 0. The SMILES string of the molecule is CB(O)NCCC(=O)Nc1ccc(CC(C)C(=O)O)cc1. The molecule has 0 saturated carbocycles. The number of amides is 1. The number of carboxylic acid groups (broad SMARTS) is 1. The third-order valence-electron chi connectivity index (χ3n) is 2.99. The van der Waals surface area contributed by atoms with Gasteiger partial charge < -0.3 is 20.7 Å². The van der Waals surface area contributed by atoms with Gasteiger partial charge in [-0.2, -0.15) is 0 Å². The lowest BCUT2D eigenvalue weighted by Gasteiger charge is -2.09. The lowest BCUT2D eigenvalue weighted by Crippen LogP contribution is -2.33. The number of carboxylic acids is 1. The van der Waals surface area contributed by atoms with Crippen LogP contribution in [0.4, 0.5) is 5.69 Å². The van der Waals surface area contributed by atoms with Gasteiger partial charge in [0.2, 0.25) is 5.91 Å². The van der Waals surface area contributed by atoms with Crippen LogP contribution < -0.4 is 10.5 Å². The Balaban J connectivity index is 2.43. The molecule has 6 nitrogen and oxygen atoms in total. The highest BCUT2D eigenvalue weighted by molar-refractivity contribution is 6.45. The van der Waals surface area contributed by atoms with Crippen molar-refractivity contribution in [2.24, 2.45) is 5.92 Å². The van der Waals surface area contributed by atoms with Crippen molar-refractivity contribution in [3.63, 3.8) is 0 Å². The first-order valence-electron chi connectivity index (χ1n) is 6.91. The van der Waals surface area contributed by atoms with Gasteiger partial charge in [0.05, 0.1) is 5.92 Å². The van der Waals surface area contributed by atoms with Gasteiger partial charge in [-0.25, -0.2) is 0 Å². The van der Waals surface area contributed by atoms with E-state index in [2.05, 4.69) is 10.5 Å². The van der Waals surface area contributed by atoms with Crippen LogP contribution in [0.1, 0.15) is 18.9 Å². The zero-order valence-electron chi connectivity index (χ0n) is 12.3. The number of hydrogen-bond acceptors (Lipinski definition) is 4. The molecule has 0 aliphatic heterocycles. The van der Waals surface area contributed by atoms with Crippen molar-refractivity contribution >= 4 is 24.6 Å². The maximum Gasteiger partial charge on any atom is 0.373 e. The summed E-state index contributed by atoms with van der Waals surface area (Å²) in [6, 6.07) is 7.13. The minimum atomic E-state index is -0.821. The van der Waals surface area contributed by atoms with Crippen molar-refractivity contribution in [3.8, 4) is 0 Å². The Labute approximate surface area is 124 Å². The summed E-state index contributed by atoms with van der Waals surface area (Å²) >= 11 is 0. The first-order chi connectivity index (χ1) is 9.88. The van der Waals surface area contributed by atoms with E-state index < -0.39 is 18.9 Å². The Morgan fingerprint density at radius 1 is 1.29 bits per heavy atom. The van der Waals surface area contributed by atoms with E-state index in [1.54, 1.807) is 25.9 Å². The molecule has 1 amide bonds. The highest BCUT2D eigenvalue weighted by atomic mass is 16.4. The lowest BCUT2D eigenvalue weighted by molar-refractivity contribution is -0.141. The summed E-state index contributed by atoms with van der Waals surface area (Å²) in [7, 11) is -0.631. The van der Waals surface area contributed by atoms with E-state index >= 15 is 0 Å². The zero-order chi connectivity index (χ0) is 15.8. The largest absolute Gasteiger partial charge is 0.481 e. The molecule has 0 aliphatic carbocycles. The second-order valence-electron chi connectivity index (χ2n) is 5.07. The minimum absolute atomic E-state index is 0.144. The average Bonchev–Trinajstić information content (AvgIpc) is 2.40. The number of carbonyl (C=O) groups is 2. The summed E-state index contributed by atoms with van der Waals surface area (Å²) in [5.41, 5.74) is 1.59. The predicted molar refractivity (Wildman–Crippen MR) is 82.0 cm³/mol. The van der Waals surface area contributed by atoms with Crippen molar-refractivity contribution in [2.45, 2.75) is 26.6 Å². The monoisotopic (exact) mass is 292 g/mol. The molecule has 1 aromatic carbocycles. The number of rotatable bonds is 8. The fraction of sp³-hybridized carbons (Fsp3) is 0.429. The molecule has 0 radical (unpaired) electrons. The van der Waals surface area contributed by atoms with E-state index in [1.165, 1.54) is 0 Å². The Kier molecular flexibility index (Phi) is 6.91. The van der Waals surface area contributed by atoms with Crippen LogP contribution in [-0.4, -0.2) is 35.6 Å². The van der Waals surface area contributed by atoms with Crippen molar-refractivity contribution in [3.05, 3.63) is 29.8 Å². The number of hydrogen-bond donors (Lipinski definition) is 4. The fourth-order valence-electron chi connectivity index (χ4n) is 1.78. The molecule has 1 unspecified atom stereocenters. The van der Waals surface area contributed by atoms with Gasteiger partial charge in [0, 0.05) is 12.1 Å². The lowest BCUT2D eigenvalue weighted by atomic mass is 9.89. The summed E-state index contributed by atoms with van der Waals surface area (Å²) in [5.74, 6) is -1.40. The number of aliphatic carboxylic acids is 1. The molecule has 21 heavy (non-hydrogen) atoms. The first kappa shape index (κ1) is 17.2. The van der Waals surface area contributed by atoms with Crippen LogP contribution in [0.5, 0.6) is 0 Å². The molecule has 0 aliphatic rings. The smallest absolute Gasteiger partial charge is 0.373 e. The van der Waals surface area contributed by atoms with Crippen LogP contribution in [0.15, 0.2) is 24.3 Å². The van der Waals surface area contributed by atoms with Gasteiger partial charge >= 0.3 is 13.0 Å². The second-order valence-corrected chi connectivity index (χ2v) is 5.07. The van der Waals surface area contributed by atoms with E-state index in [0.717, 1.165) is 5.56 Å². The van der Waals surface area contributed by atoms with E-state index in [1.807, 2.05) is 12.1 Å². The van der Waals surface area contributed by atoms with E-state index in [9.17, 15) is 9.59 Å². The van der Waals surface area contributed by atoms with Gasteiger partial charge in [-0.05, 0) is 37.5 Å². The zero-order valence-corrected chi connectivity index (χ0v) is 12.3. The van der Waals surface area contributed by atoms with Crippen LogP contribution in [0.2, 0.25) is 6.82 Å². The third-order valence-corrected chi connectivity index (χ3v) is 2.99. The quantitative estimate of drug-likeness (QED) is 0.535. The van der Waals surface area contributed by atoms with Crippen LogP contribution >= 0.6 is 0 Å². The third kappa shape index (κ3) is 6.92. The molecule has 0 fully saturated rings. The van der Waals surface area contributed by atoms with Gasteiger partial charge in [0.15, 0.2) is 0 Å². The summed E-state index contributed by atoms with van der Waals surface area (Å²) in [4.78, 5) is 22.4. The molecule has 7 heteroatoms. The van der Waals surface area contributed by atoms with E-state index in [0.29, 0.717) is 18.7 Å². The molecule has 114 valence electrons. The fourth-order valence-corrected chi connectivity index (χ4v) is 1.78. The number of carbonyl (C=O) groups excluding carboxylic acids is 1. The van der Waals surface area contributed by atoms with Gasteiger partial charge in [-0.3, -0.25) is 9.59 Å². The Bertz CT molecular complexity index is 476.